The number of nitro benzene ring substituents is 1. The summed E-state index contributed by atoms with van der Waals surface area (Å²) in [5.74, 6) is -2.05. The summed E-state index contributed by atoms with van der Waals surface area (Å²) in [6, 6.07) is 1.52. The van der Waals surface area contributed by atoms with Gasteiger partial charge in [-0.2, -0.15) is 0 Å². The first-order valence-corrected chi connectivity index (χ1v) is 6.27. The molecule has 1 aromatic rings. The quantitative estimate of drug-likeness (QED) is 0.645. The number of carboxylic acids is 1. The molecule has 0 aromatic heterocycles. The van der Waals surface area contributed by atoms with Gasteiger partial charge in [0.2, 0.25) is 0 Å². The standard InChI is InChI=1S/C12H14ClFN2O4/c1-3-7(2)15(6-12(17)18)10-4-8(13)9(14)5-11(10)16(19)20/h4-5,7H,3,6H2,1-2H3,(H,17,18). The van der Waals surface area contributed by atoms with Gasteiger partial charge in [0.25, 0.3) is 5.69 Å². The second-order valence-electron chi connectivity index (χ2n) is 4.29. The average molecular weight is 305 g/mol. The highest BCUT2D eigenvalue weighted by Gasteiger charge is 2.26. The van der Waals surface area contributed by atoms with Gasteiger partial charge in [-0.15, -0.1) is 0 Å². The molecule has 0 spiro atoms. The molecule has 0 bridgehead atoms. The topological polar surface area (TPSA) is 83.7 Å². The van der Waals surface area contributed by atoms with E-state index in [1.54, 1.807) is 6.92 Å². The Kier molecular flexibility index (Phi) is 5.26. The molecule has 8 heteroatoms. The maximum Gasteiger partial charge on any atom is 0.323 e. The lowest BCUT2D eigenvalue weighted by atomic mass is 10.1. The highest BCUT2D eigenvalue weighted by molar-refractivity contribution is 6.31. The Labute approximate surface area is 119 Å². The van der Waals surface area contributed by atoms with Gasteiger partial charge in [-0.05, 0) is 19.4 Å². The van der Waals surface area contributed by atoms with Gasteiger partial charge >= 0.3 is 5.97 Å². The average Bonchev–Trinajstić information content (AvgIpc) is 2.37. The lowest BCUT2D eigenvalue weighted by Gasteiger charge is -2.28. The Hall–Kier alpha value is -1.89. The predicted octanol–water partition coefficient (Wildman–Crippen LogP) is 3.08. The summed E-state index contributed by atoms with van der Waals surface area (Å²) in [6.45, 7) is 3.11. The first-order valence-electron chi connectivity index (χ1n) is 5.89. The van der Waals surface area contributed by atoms with Gasteiger partial charge in [-0.1, -0.05) is 18.5 Å². The molecule has 1 N–H and O–H groups in total. The third-order valence-corrected chi connectivity index (χ3v) is 3.24. The molecule has 6 nitrogen and oxygen atoms in total. The summed E-state index contributed by atoms with van der Waals surface area (Å²) in [5, 5.41) is 19.6. The van der Waals surface area contributed by atoms with Crippen molar-refractivity contribution in [1.82, 2.24) is 0 Å². The third-order valence-electron chi connectivity index (χ3n) is 2.95. The van der Waals surface area contributed by atoms with Gasteiger partial charge < -0.3 is 10.0 Å². The van der Waals surface area contributed by atoms with Crippen LogP contribution in [0, 0.1) is 15.9 Å². The molecule has 110 valence electrons. The Balaban J connectivity index is 3.41. The van der Waals surface area contributed by atoms with E-state index in [2.05, 4.69) is 0 Å². The van der Waals surface area contributed by atoms with Crippen LogP contribution in [0.2, 0.25) is 5.02 Å². The van der Waals surface area contributed by atoms with Crippen molar-refractivity contribution in [2.75, 3.05) is 11.4 Å². The lowest BCUT2D eigenvalue weighted by Crippen LogP contribution is -2.37. The van der Waals surface area contributed by atoms with E-state index in [1.807, 2.05) is 6.92 Å². The first-order chi connectivity index (χ1) is 9.27. The van der Waals surface area contributed by atoms with E-state index in [0.29, 0.717) is 12.5 Å². The van der Waals surface area contributed by atoms with Crippen LogP contribution in [0.5, 0.6) is 0 Å². The molecule has 0 aliphatic heterocycles. The number of benzene rings is 1. The fourth-order valence-electron chi connectivity index (χ4n) is 1.75. The van der Waals surface area contributed by atoms with E-state index in [4.69, 9.17) is 16.7 Å². The highest BCUT2D eigenvalue weighted by Crippen LogP contribution is 2.34. The van der Waals surface area contributed by atoms with Gasteiger partial charge in [0.1, 0.15) is 18.0 Å². The van der Waals surface area contributed by atoms with Crippen LogP contribution in [0.4, 0.5) is 15.8 Å². The van der Waals surface area contributed by atoms with Crippen molar-refractivity contribution in [2.24, 2.45) is 0 Å². The van der Waals surface area contributed by atoms with Crippen molar-refractivity contribution in [3.05, 3.63) is 33.1 Å². The maximum atomic E-state index is 13.4. The van der Waals surface area contributed by atoms with Crippen molar-refractivity contribution in [2.45, 2.75) is 26.3 Å². The molecular formula is C12H14ClFN2O4. The minimum absolute atomic E-state index is 0.00171. The zero-order valence-electron chi connectivity index (χ0n) is 11.0. The minimum atomic E-state index is -1.14. The van der Waals surface area contributed by atoms with Crippen LogP contribution in [0.1, 0.15) is 20.3 Å². The molecular weight excluding hydrogens is 291 g/mol. The number of hydrogen-bond acceptors (Lipinski definition) is 4. The summed E-state index contributed by atoms with van der Waals surface area (Å²) in [4.78, 5) is 22.5. The molecule has 0 saturated carbocycles. The fourth-order valence-corrected chi connectivity index (χ4v) is 1.90. The maximum absolute atomic E-state index is 13.4. The van der Waals surface area contributed by atoms with Gasteiger partial charge in [-0.3, -0.25) is 14.9 Å². The number of rotatable bonds is 6. The Morgan fingerprint density at radius 1 is 1.60 bits per heavy atom. The number of anilines is 1. The van der Waals surface area contributed by atoms with Crippen LogP contribution >= 0.6 is 11.6 Å². The van der Waals surface area contributed by atoms with Crippen LogP contribution in [0.25, 0.3) is 0 Å². The van der Waals surface area contributed by atoms with Crippen LogP contribution in [0.3, 0.4) is 0 Å². The van der Waals surface area contributed by atoms with Gasteiger partial charge in [0.15, 0.2) is 0 Å². The second-order valence-corrected chi connectivity index (χ2v) is 4.70. The fraction of sp³-hybridized carbons (Fsp3) is 0.417. The largest absolute Gasteiger partial charge is 0.480 e. The molecule has 0 aliphatic rings. The van der Waals surface area contributed by atoms with E-state index in [1.165, 1.54) is 4.90 Å². The Bertz CT molecular complexity index is 538. The summed E-state index contributed by atoms with van der Waals surface area (Å²) >= 11 is 5.65. The van der Waals surface area contributed by atoms with Gasteiger partial charge in [-0.25, -0.2) is 4.39 Å². The SMILES string of the molecule is CCC(C)N(CC(=O)O)c1cc(Cl)c(F)cc1[N+](=O)[O-]. The summed E-state index contributed by atoms with van der Waals surface area (Å²) < 4.78 is 13.4. The molecule has 1 atom stereocenters. The Morgan fingerprint density at radius 3 is 2.65 bits per heavy atom. The van der Waals surface area contributed by atoms with Crippen molar-refractivity contribution >= 4 is 28.9 Å². The molecule has 1 aromatic carbocycles. The monoisotopic (exact) mass is 304 g/mol. The molecule has 0 amide bonds. The van der Waals surface area contributed by atoms with Crippen molar-refractivity contribution in [1.29, 1.82) is 0 Å². The third kappa shape index (κ3) is 3.57. The van der Waals surface area contributed by atoms with Crippen molar-refractivity contribution in [3.63, 3.8) is 0 Å². The molecule has 0 radical (unpaired) electrons. The number of nitro groups is 1. The zero-order chi connectivity index (χ0) is 15.4. The van der Waals surface area contributed by atoms with E-state index >= 15 is 0 Å². The number of halogens is 2. The van der Waals surface area contributed by atoms with Crippen LogP contribution < -0.4 is 4.90 Å². The smallest absolute Gasteiger partial charge is 0.323 e. The van der Waals surface area contributed by atoms with Gasteiger partial charge in [0, 0.05) is 6.04 Å². The van der Waals surface area contributed by atoms with E-state index < -0.39 is 28.9 Å². The van der Waals surface area contributed by atoms with Crippen LogP contribution in [-0.2, 0) is 4.79 Å². The van der Waals surface area contributed by atoms with E-state index in [9.17, 15) is 19.3 Å². The first kappa shape index (κ1) is 16.2. The number of hydrogen-bond donors (Lipinski definition) is 1. The number of nitrogens with zero attached hydrogens (tertiary/aromatic N) is 2. The number of carbonyl (C=O) groups is 1. The van der Waals surface area contributed by atoms with Gasteiger partial charge in [0.05, 0.1) is 16.0 Å². The number of aliphatic carboxylic acids is 1. The molecule has 0 heterocycles. The Morgan fingerprint density at radius 2 is 2.20 bits per heavy atom. The van der Waals surface area contributed by atoms with E-state index in [-0.39, 0.29) is 16.8 Å². The van der Waals surface area contributed by atoms with E-state index in [0.717, 1.165) is 6.07 Å². The van der Waals surface area contributed by atoms with Crippen molar-refractivity contribution in [3.8, 4) is 0 Å². The molecule has 1 rings (SSSR count). The second kappa shape index (κ2) is 6.51. The van der Waals surface area contributed by atoms with Crippen LogP contribution in [-0.4, -0.2) is 28.6 Å². The van der Waals surface area contributed by atoms with Crippen molar-refractivity contribution < 1.29 is 19.2 Å². The highest BCUT2D eigenvalue weighted by atomic mass is 35.5. The molecule has 0 saturated heterocycles. The molecule has 20 heavy (non-hydrogen) atoms. The molecule has 0 aliphatic carbocycles. The van der Waals surface area contributed by atoms with Crippen LogP contribution in [0.15, 0.2) is 12.1 Å². The molecule has 0 fully saturated rings. The lowest BCUT2D eigenvalue weighted by molar-refractivity contribution is -0.384. The number of carboxylic acid groups (broad SMARTS) is 1. The summed E-state index contributed by atoms with van der Waals surface area (Å²) in [6.07, 6.45) is 0.569. The summed E-state index contributed by atoms with van der Waals surface area (Å²) in [7, 11) is 0. The molecule has 1 unspecified atom stereocenters. The zero-order valence-corrected chi connectivity index (χ0v) is 11.7. The summed E-state index contributed by atoms with van der Waals surface area (Å²) in [5.41, 5.74) is -0.508. The normalized spacial score (nSPS) is 12.0. The minimum Gasteiger partial charge on any atom is -0.480 e. The predicted molar refractivity (Wildman–Crippen MR) is 72.8 cm³/mol.